The highest BCUT2D eigenvalue weighted by Crippen LogP contribution is 2.24. The molecular weight excluding hydrogens is 243 g/mol. The monoisotopic (exact) mass is 262 g/mol. The van der Waals surface area contributed by atoms with E-state index in [1.54, 1.807) is 13.0 Å². The number of hydrogen-bond acceptors (Lipinski definition) is 3. The maximum absolute atomic E-state index is 13.6. The number of nitrogens with one attached hydrogen (secondary N) is 1. The van der Waals surface area contributed by atoms with Crippen LogP contribution in [-0.4, -0.2) is 11.5 Å². The molecule has 19 heavy (non-hydrogen) atoms. The third-order valence-electron chi connectivity index (χ3n) is 2.92. The van der Waals surface area contributed by atoms with Crippen LogP contribution in [0.1, 0.15) is 25.1 Å². The van der Waals surface area contributed by atoms with Crippen molar-refractivity contribution in [2.24, 2.45) is 5.92 Å². The van der Waals surface area contributed by atoms with Crippen LogP contribution in [-0.2, 0) is 6.54 Å². The molecule has 0 amide bonds. The highest BCUT2D eigenvalue weighted by Gasteiger charge is 2.12. The van der Waals surface area contributed by atoms with Gasteiger partial charge in [0.25, 0.3) is 0 Å². The zero-order valence-corrected chi connectivity index (χ0v) is 11.5. The van der Waals surface area contributed by atoms with Crippen LogP contribution in [0, 0.1) is 18.7 Å². The van der Waals surface area contributed by atoms with Crippen molar-refractivity contribution in [3.8, 4) is 11.3 Å². The molecule has 0 radical (unpaired) electrons. The van der Waals surface area contributed by atoms with Crippen LogP contribution in [0.5, 0.6) is 0 Å². The van der Waals surface area contributed by atoms with Gasteiger partial charge in [0.1, 0.15) is 11.5 Å². The summed E-state index contributed by atoms with van der Waals surface area (Å²) in [5.41, 5.74) is 2.16. The van der Waals surface area contributed by atoms with E-state index in [-0.39, 0.29) is 5.82 Å². The van der Waals surface area contributed by atoms with Crippen molar-refractivity contribution in [2.75, 3.05) is 6.54 Å². The fraction of sp³-hybridized carbons (Fsp3) is 0.400. The predicted molar refractivity (Wildman–Crippen MR) is 73.2 cm³/mol. The van der Waals surface area contributed by atoms with Crippen LogP contribution in [0.2, 0.25) is 0 Å². The van der Waals surface area contributed by atoms with Crippen molar-refractivity contribution in [2.45, 2.75) is 27.3 Å². The molecule has 2 rings (SSSR count). The third-order valence-corrected chi connectivity index (χ3v) is 2.92. The average Bonchev–Trinajstić information content (AvgIpc) is 2.80. The van der Waals surface area contributed by atoms with Gasteiger partial charge in [0.05, 0.1) is 0 Å². The molecule has 0 fully saturated rings. The quantitative estimate of drug-likeness (QED) is 0.895. The lowest BCUT2D eigenvalue weighted by Gasteiger charge is -2.07. The molecule has 0 saturated carbocycles. The summed E-state index contributed by atoms with van der Waals surface area (Å²) in [7, 11) is 0. The van der Waals surface area contributed by atoms with Gasteiger partial charge >= 0.3 is 0 Å². The first-order valence-corrected chi connectivity index (χ1v) is 6.47. The van der Waals surface area contributed by atoms with E-state index in [0.717, 1.165) is 17.8 Å². The van der Waals surface area contributed by atoms with E-state index in [4.69, 9.17) is 4.42 Å². The number of aromatic nitrogens is 1. The number of rotatable bonds is 5. The minimum Gasteiger partial charge on any atom is -0.443 e. The molecule has 0 unspecified atom stereocenters. The minimum atomic E-state index is -0.227. The number of nitrogens with zero attached hydrogens (tertiary/aromatic N) is 1. The van der Waals surface area contributed by atoms with Gasteiger partial charge in [-0.25, -0.2) is 9.37 Å². The van der Waals surface area contributed by atoms with Gasteiger partial charge in [-0.15, -0.1) is 0 Å². The lowest BCUT2D eigenvalue weighted by molar-refractivity contribution is 0.544. The fourth-order valence-corrected chi connectivity index (χ4v) is 1.84. The molecule has 0 aliphatic rings. The van der Waals surface area contributed by atoms with Crippen molar-refractivity contribution in [1.29, 1.82) is 0 Å². The Morgan fingerprint density at radius 3 is 2.84 bits per heavy atom. The molecule has 3 nitrogen and oxygen atoms in total. The SMILES string of the molecule is Cc1ccc(-c2ocnc2CNCC(C)C)cc1F. The minimum absolute atomic E-state index is 0.227. The second-order valence-corrected chi connectivity index (χ2v) is 5.12. The first kappa shape index (κ1) is 13.7. The Labute approximate surface area is 112 Å². The van der Waals surface area contributed by atoms with E-state index < -0.39 is 0 Å². The summed E-state index contributed by atoms with van der Waals surface area (Å²) < 4.78 is 19.0. The number of aryl methyl sites for hydroxylation is 1. The highest BCUT2D eigenvalue weighted by atomic mass is 19.1. The van der Waals surface area contributed by atoms with Crippen molar-refractivity contribution in [1.82, 2.24) is 10.3 Å². The zero-order chi connectivity index (χ0) is 13.8. The number of hydrogen-bond donors (Lipinski definition) is 1. The average molecular weight is 262 g/mol. The van der Waals surface area contributed by atoms with Crippen LogP contribution in [0.25, 0.3) is 11.3 Å². The van der Waals surface area contributed by atoms with E-state index in [2.05, 4.69) is 24.1 Å². The molecule has 0 aliphatic carbocycles. The van der Waals surface area contributed by atoms with Crippen molar-refractivity contribution >= 4 is 0 Å². The van der Waals surface area contributed by atoms with Gasteiger partial charge < -0.3 is 9.73 Å². The largest absolute Gasteiger partial charge is 0.443 e. The molecule has 0 spiro atoms. The second kappa shape index (κ2) is 5.97. The normalized spacial score (nSPS) is 11.2. The van der Waals surface area contributed by atoms with E-state index >= 15 is 0 Å². The summed E-state index contributed by atoms with van der Waals surface area (Å²) in [6, 6.07) is 5.09. The van der Waals surface area contributed by atoms with Crippen LogP contribution in [0.4, 0.5) is 4.39 Å². The Hall–Kier alpha value is -1.68. The van der Waals surface area contributed by atoms with Gasteiger partial charge in [-0.05, 0) is 31.0 Å². The maximum Gasteiger partial charge on any atom is 0.181 e. The smallest absolute Gasteiger partial charge is 0.181 e. The number of benzene rings is 1. The Bertz CT molecular complexity index is 549. The van der Waals surface area contributed by atoms with Gasteiger partial charge in [0.15, 0.2) is 12.2 Å². The maximum atomic E-state index is 13.6. The molecule has 1 aromatic heterocycles. The molecule has 0 saturated heterocycles. The standard InChI is InChI=1S/C15H19FN2O/c1-10(2)7-17-8-14-15(19-9-18-14)12-5-4-11(3)13(16)6-12/h4-6,9-10,17H,7-8H2,1-3H3. The summed E-state index contributed by atoms with van der Waals surface area (Å²) in [5.74, 6) is 0.984. The molecule has 102 valence electrons. The van der Waals surface area contributed by atoms with Crippen molar-refractivity contribution in [3.63, 3.8) is 0 Å². The van der Waals surface area contributed by atoms with Crippen molar-refractivity contribution < 1.29 is 8.81 Å². The van der Waals surface area contributed by atoms with E-state index in [1.165, 1.54) is 12.5 Å². The lowest BCUT2D eigenvalue weighted by atomic mass is 10.1. The van der Waals surface area contributed by atoms with Gasteiger partial charge in [0, 0.05) is 12.1 Å². The van der Waals surface area contributed by atoms with E-state index in [0.29, 0.717) is 23.8 Å². The second-order valence-electron chi connectivity index (χ2n) is 5.12. The first-order chi connectivity index (χ1) is 9.08. The Kier molecular flexibility index (Phi) is 4.32. The van der Waals surface area contributed by atoms with Crippen LogP contribution in [0.15, 0.2) is 29.0 Å². The summed E-state index contributed by atoms with van der Waals surface area (Å²) in [6.45, 7) is 7.57. The summed E-state index contributed by atoms with van der Waals surface area (Å²) in [4.78, 5) is 4.19. The Morgan fingerprint density at radius 2 is 2.16 bits per heavy atom. The summed E-state index contributed by atoms with van der Waals surface area (Å²) in [6.07, 6.45) is 1.40. The Balaban J connectivity index is 2.16. The molecular formula is C15H19FN2O. The molecule has 4 heteroatoms. The number of oxazole rings is 1. The predicted octanol–water partition coefficient (Wildman–Crippen LogP) is 3.53. The van der Waals surface area contributed by atoms with Gasteiger partial charge in [0.2, 0.25) is 0 Å². The topological polar surface area (TPSA) is 38.1 Å². The molecule has 2 aromatic rings. The van der Waals surface area contributed by atoms with Crippen LogP contribution < -0.4 is 5.32 Å². The summed E-state index contributed by atoms with van der Waals surface area (Å²) >= 11 is 0. The molecule has 0 bridgehead atoms. The van der Waals surface area contributed by atoms with E-state index in [9.17, 15) is 4.39 Å². The van der Waals surface area contributed by atoms with Gasteiger partial charge in [-0.3, -0.25) is 0 Å². The zero-order valence-electron chi connectivity index (χ0n) is 11.5. The molecule has 1 aromatic carbocycles. The highest BCUT2D eigenvalue weighted by molar-refractivity contribution is 5.60. The first-order valence-electron chi connectivity index (χ1n) is 6.47. The molecule has 0 atom stereocenters. The third kappa shape index (κ3) is 3.41. The van der Waals surface area contributed by atoms with E-state index in [1.807, 2.05) is 6.07 Å². The van der Waals surface area contributed by atoms with Crippen molar-refractivity contribution in [3.05, 3.63) is 41.7 Å². The van der Waals surface area contributed by atoms with Gasteiger partial charge in [-0.1, -0.05) is 26.0 Å². The molecule has 1 heterocycles. The van der Waals surface area contributed by atoms with Gasteiger partial charge in [-0.2, -0.15) is 0 Å². The Morgan fingerprint density at radius 1 is 1.37 bits per heavy atom. The summed E-state index contributed by atoms with van der Waals surface area (Å²) in [5, 5.41) is 3.31. The number of halogens is 1. The molecule has 1 N–H and O–H groups in total. The van der Waals surface area contributed by atoms with Crippen LogP contribution >= 0.6 is 0 Å². The molecule has 0 aliphatic heterocycles. The van der Waals surface area contributed by atoms with Crippen LogP contribution in [0.3, 0.4) is 0 Å². The lowest BCUT2D eigenvalue weighted by Crippen LogP contribution is -2.19. The fourth-order valence-electron chi connectivity index (χ4n) is 1.84.